The van der Waals surface area contributed by atoms with Gasteiger partial charge in [-0.15, -0.1) is 0 Å². The quantitative estimate of drug-likeness (QED) is 0.597. The summed E-state index contributed by atoms with van der Waals surface area (Å²) in [7, 11) is 0. The number of rotatable bonds is 5. The van der Waals surface area contributed by atoms with E-state index >= 15 is 0 Å². The van der Waals surface area contributed by atoms with Crippen LogP contribution in [0.2, 0.25) is 0 Å². The van der Waals surface area contributed by atoms with Crippen LogP contribution in [0.15, 0.2) is 48.5 Å². The zero-order valence-electron chi connectivity index (χ0n) is 17.9. The fraction of sp³-hybridized carbons (Fsp3) is 0.538. The molecule has 2 aromatic carbocycles. The topological polar surface area (TPSA) is 12.5 Å². The minimum absolute atomic E-state index is 0.0717. The summed E-state index contributed by atoms with van der Waals surface area (Å²) in [6.07, 6.45) is 4.80. The third kappa shape index (κ3) is 3.42. The number of nitrogens with zero attached hydrogens (tertiary/aromatic N) is 1. The van der Waals surface area contributed by atoms with Crippen molar-refractivity contribution in [2.75, 3.05) is 13.1 Å². The van der Waals surface area contributed by atoms with Gasteiger partial charge in [-0.25, -0.2) is 0 Å². The van der Waals surface area contributed by atoms with E-state index in [9.17, 15) is 0 Å². The molecule has 0 bridgehead atoms. The highest BCUT2D eigenvalue weighted by Gasteiger charge is 2.47. The molecule has 1 fully saturated rings. The van der Waals surface area contributed by atoms with Gasteiger partial charge in [0.05, 0.1) is 5.60 Å². The molecule has 1 saturated carbocycles. The Balaban J connectivity index is 1.60. The lowest BCUT2D eigenvalue weighted by Gasteiger charge is -2.41. The number of benzene rings is 2. The Morgan fingerprint density at radius 2 is 1.61 bits per heavy atom. The van der Waals surface area contributed by atoms with Crippen LogP contribution in [0.4, 0.5) is 0 Å². The second kappa shape index (κ2) is 8.00. The molecule has 0 saturated heterocycles. The van der Waals surface area contributed by atoms with Crippen LogP contribution in [0.1, 0.15) is 87.7 Å². The molecule has 28 heavy (non-hydrogen) atoms. The second-order valence-corrected chi connectivity index (χ2v) is 8.85. The van der Waals surface area contributed by atoms with E-state index in [1.54, 1.807) is 0 Å². The summed E-state index contributed by atoms with van der Waals surface area (Å²) in [4.78, 5) is 2.62. The Morgan fingerprint density at radius 1 is 0.964 bits per heavy atom. The summed E-state index contributed by atoms with van der Waals surface area (Å²) < 4.78 is 6.92. The van der Waals surface area contributed by atoms with E-state index in [0.717, 1.165) is 25.9 Å². The monoisotopic (exact) mass is 377 g/mol. The summed E-state index contributed by atoms with van der Waals surface area (Å²) in [5, 5.41) is 0. The molecule has 2 heteroatoms. The van der Waals surface area contributed by atoms with Gasteiger partial charge in [-0.1, -0.05) is 76.2 Å². The van der Waals surface area contributed by atoms with Gasteiger partial charge in [0.1, 0.15) is 6.10 Å². The Labute approximate surface area is 170 Å². The molecule has 0 N–H and O–H groups in total. The van der Waals surface area contributed by atoms with E-state index in [4.69, 9.17) is 4.74 Å². The largest absolute Gasteiger partial charge is 0.358 e. The van der Waals surface area contributed by atoms with E-state index in [-0.39, 0.29) is 11.7 Å². The van der Waals surface area contributed by atoms with Gasteiger partial charge in [0.25, 0.3) is 0 Å². The van der Waals surface area contributed by atoms with Crippen molar-refractivity contribution in [2.45, 2.75) is 77.0 Å². The van der Waals surface area contributed by atoms with Crippen LogP contribution in [0.25, 0.3) is 0 Å². The molecule has 1 spiro atoms. The van der Waals surface area contributed by atoms with Crippen LogP contribution < -0.4 is 0 Å². The minimum atomic E-state index is -0.0956. The SMILES string of the molecule is CCN(CC)C1CCC2(CC1)OC(c1ccc(C(C)C)cc1)c1ccccc12. The van der Waals surface area contributed by atoms with Gasteiger partial charge in [-0.3, -0.25) is 0 Å². The third-order valence-electron chi connectivity index (χ3n) is 7.08. The molecule has 150 valence electrons. The van der Waals surface area contributed by atoms with Crippen LogP contribution in [-0.2, 0) is 10.3 Å². The van der Waals surface area contributed by atoms with Crippen molar-refractivity contribution in [1.82, 2.24) is 4.90 Å². The third-order valence-corrected chi connectivity index (χ3v) is 7.08. The molecule has 1 aliphatic carbocycles. The summed E-state index contributed by atoms with van der Waals surface area (Å²) >= 11 is 0. The second-order valence-electron chi connectivity index (χ2n) is 8.85. The van der Waals surface area contributed by atoms with Gasteiger partial charge in [0.2, 0.25) is 0 Å². The first-order valence-corrected chi connectivity index (χ1v) is 11.2. The summed E-state index contributed by atoms with van der Waals surface area (Å²) in [5.41, 5.74) is 5.40. The van der Waals surface area contributed by atoms with Crippen molar-refractivity contribution in [2.24, 2.45) is 0 Å². The molecule has 1 unspecified atom stereocenters. The first-order chi connectivity index (χ1) is 13.6. The van der Waals surface area contributed by atoms with E-state index in [0.29, 0.717) is 12.0 Å². The molecular formula is C26H35NO. The Hall–Kier alpha value is -1.64. The molecule has 0 amide bonds. The predicted molar refractivity (Wildman–Crippen MR) is 117 cm³/mol. The molecule has 4 rings (SSSR count). The summed E-state index contributed by atoms with van der Waals surface area (Å²) in [6, 6.07) is 18.7. The fourth-order valence-electron chi connectivity index (χ4n) is 5.36. The molecule has 2 aliphatic rings. The molecule has 1 aliphatic heterocycles. The van der Waals surface area contributed by atoms with Crippen molar-refractivity contribution in [3.63, 3.8) is 0 Å². The average Bonchev–Trinajstić information content (AvgIpc) is 3.05. The van der Waals surface area contributed by atoms with E-state index < -0.39 is 0 Å². The van der Waals surface area contributed by atoms with Crippen molar-refractivity contribution in [3.8, 4) is 0 Å². The van der Waals surface area contributed by atoms with Crippen molar-refractivity contribution < 1.29 is 4.74 Å². The first kappa shape index (κ1) is 19.7. The van der Waals surface area contributed by atoms with E-state index in [1.807, 2.05) is 0 Å². The minimum Gasteiger partial charge on any atom is -0.358 e. The number of ether oxygens (including phenoxy) is 1. The highest BCUT2D eigenvalue weighted by molar-refractivity contribution is 5.44. The van der Waals surface area contributed by atoms with Crippen LogP contribution in [0.5, 0.6) is 0 Å². The average molecular weight is 378 g/mol. The fourth-order valence-corrected chi connectivity index (χ4v) is 5.36. The maximum absolute atomic E-state index is 6.92. The van der Waals surface area contributed by atoms with Gasteiger partial charge < -0.3 is 9.64 Å². The smallest absolute Gasteiger partial charge is 0.109 e. The number of hydrogen-bond donors (Lipinski definition) is 0. The van der Waals surface area contributed by atoms with Crippen LogP contribution in [0.3, 0.4) is 0 Å². The standard InChI is InChI=1S/C26H35NO/c1-5-27(6-2)22-15-17-26(18-16-22)24-10-8-7-9-23(24)25(28-26)21-13-11-20(12-14-21)19(3)4/h7-14,19,22,25H,5-6,15-18H2,1-4H3. The van der Waals surface area contributed by atoms with Gasteiger partial charge in [0, 0.05) is 6.04 Å². The van der Waals surface area contributed by atoms with Gasteiger partial charge >= 0.3 is 0 Å². The molecule has 2 aromatic rings. The van der Waals surface area contributed by atoms with Crippen molar-refractivity contribution >= 4 is 0 Å². The summed E-state index contributed by atoms with van der Waals surface area (Å²) in [5.74, 6) is 0.563. The molecular weight excluding hydrogens is 342 g/mol. The summed E-state index contributed by atoms with van der Waals surface area (Å²) in [6.45, 7) is 11.4. The van der Waals surface area contributed by atoms with Crippen molar-refractivity contribution in [1.29, 1.82) is 0 Å². The molecule has 0 aromatic heterocycles. The molecule has 2 nitrogen and oxygen atoms in total. The Morgan fingerprint density at radius 3 is 2.21 bits per heavy atom. The molecule has 1 atom stereocenters. The van der Waals surface area contributed by atoms with E-state index in [2.05, 4.69) is 81.1 Å². The molecule has 0 radical (unpaired) electrons. The normalized spacial score (nSPS) is 26.9. The predicted octanol–water partition coefficient (Wildman–Crippen LogP) is 6.41. The highest BCUT2D eigenvalue weighted by atomic mass is 16.5. The Kier molecular flexibility index (Phi) is 5.62. The zero-order chi connectivity index (χ0) is 19.7. The highest BCUT2D eigenvalue weighted by Crippen LogP contribution is 2.53. The lowest BCUT2D eigenvalue weighted by Crippen LogP contribution is -2.42. The maximum atomic E-state index is 6.92. The Bertz CT molecular complexity index is 782. The first-order valence-electron chi connectivity index (χ1n) is 11.2. The molecule has 1 heterocycles. The number of hydrogen-bond acceptors (Lipinski definition) is 2. The van der Waals surface area contributed by atoms with Gasteiger partial charge in [-0.05, 0) is 66.9 Å². The lowest BCUT2D eigenvalue weighted by molar-refractivity contribution is -0.0950. The lowest BCUT2D eigenvalue weighted by atomic mass is 9.77. The van der Waals surface area contributed by atoms with Gasteiger partial charge in [0.15, 0.2) is 0 Å². The van der Waals surface area contributed by atoms with Gasteiger partial charge in [-0.2, -0.15) is 0 Å². The van der Waals surface area contributed by atoms with Crippen LogP contribution >= 0.6 is 0 Å². The van der Waals surface area contributed by atoms with Crippen molar-refractivity contribution in [3.05, 3.63) is 70.8 Å². The van der Waals surface area contributed by atoms with E-state index in [1.165, 1.54) is 35.1 Å². The number of fused-ring (bicyclic) bond motifs is 2. The van der Waals surface area contributed by atoms with Crippen LogP contribution in [0, 0.1) is 0 Å². The maximum Gasteiger partial charge on any atom is 0.109 e. The van der Waals surface area contributed by atoms with Crippen LogP contribution in [-0.4, -0.2) is 24.0 Å². The zero-order valence-corrected chi connectivity index (χ0v) is 17.9.